The third-order valence-electron chi connectivity index (χ3n) is 3.87. The first-order chi connectivity index (χ1) is 12.2. The maximum Gasteiger partial charge on any atom is 0.126 e. The van der Waals surface area contributed by atoms with E-state index in [9.17, 15) is 10.2 Å². The molecule has 0 heterocycles. The van der Waals surface area contributed by atoms with Gasteiger partial charge in [0.1, 0.15) is 11.5 Å². The first kappa shape index (κ1) is 18.3. The third-order valence-corrected chi connectivity index (χ3v) is 3.87. The predicted octanol–water partition coefficient (Wildman–Crippen LogP) is 6.43. The smallest absolute Gasteiger partial charge is 0.126 e. The highest BCUT2D eigenvalue weighted by atomic mass is 16.3. The molecule has 0 spiro atoms. The van der Waals surface area contributed by atoms with Gasteiger partial charge in [0.05, 0.1) is 0 Å². The van der Waals surface area contributed by atoms with Crippen LogP contribution in [-0.2, 0) is 0 Å². The van der Waals surface area contributed by atoms with Crippen LogP contribution in [0, 0.1) is 6.92 Å². The van der Waals surface area contributed by atoms with Crippen molar-refractivity contribution in [1.82, 2.24) is 0 Å². The lowest BCUT2D eigenvalue weighted by Crippen LogP contribution is -1.77. The van der Waals surface area contributed by atoms with Gasteiger partial charge >= 0.3 is 0 Å². The molecule has 0 aliphatic carbocycles. The molecule has 0 saturated heterocycles. The second-order valence-electron chi connectivity index (χ2n) is 5.45. The van der Waals surface area contributed by atoms with Crippen molar-refractivity contribution in [3.8, 4) is 11.5 Å². The van der Waals surface area contributed by atoms with Crippen LogP contribution in [0.25, 0.3) is 21.5 Å². The van der Waals surface area contributed by atoms with Gasteiger partial charge in [-0.3, -0.25) is 0 Å². The van der Waals surface area contributed by atoms with E-state index in [-0.39, 0.29) is 0 Å². The monoisotopic (exact) mass is 332 g/mol. The summed E-state index contributed by atoms with van der Waals surface area (Å²) in [5.41, 5.74) is 0.925. The Morgan fingerprint density at radius 1 is 0.560 bits per heavy atom. The molecule has 0 radical (unpaired) electrons. The van der Waals surface area contributed by atoms with Crippen molar-refractivity contribution in [3.05, 3.63) is 84.4 Å². The Morgan fingerprint density at radius 3 is 1.72 bits per heavy atom. The molecule has 0 bridgehead atoms. The summed E-state index contributed by atoms with van der Waals surface area (Å²) >= 11 is 0. The number of benzene rings is 4. The highest BCUT2D eigenvalue weighted by Crippen LogP contribution is 2.27. The van der Waals surface area contributed by atoms with Gasteiger partial charge in [0, 0.05) is 10.8 Å². The van der Waals surface area contributed by atoms with E-state index in [0.717, 1.165) is 27.1 Å². The van der Waals surface area contributed by atoms with Gasteiger partial charge in [0.15, 0.2) is 0 Å². The average Bonchev–Trinajstić information content (AvgIpc) is 2.68. The first-order valence-electron chi connectivity index (χ1n) is 8.51. The van der Waals surface area contributed by atoms with Crippen LogP contribution in [0.2, 0.25) is 0 Å². The highest BCUT2D eigenvalue weighted by Gasteiger charge is 2.00. The molecule has 0 saturated carbocycles. The second-order valence-corrected chi connectivity index (χ2v) is 5.45. The minimum atomic E-state index is 0.350. The first-order valence-corrected chi connectivity index (χ1v) is 8.51. The number of phenols is 2. The quantitative estimate of drug-likeness (QED) is 0.390. The molecule has 0 aromatic heterocycles. The van der Waals surface area contributed by atoms with Crippen LogP contribution in [-0.4, -0.2) is 10.2 Å². The van der Waals surface area contributed by atoms with E-state index in [1.807, 2.05) is 93.6 Å². The molecule has 25 heavy (non-hydrogen) atoms. The van der Waals surface area contributed by atoms with Crippen molar-refractivity contribution >= 4 is 21.5 Å². The van der Waals surface area contributed by atoms with Crippen molar-refractivity contribution < 1.29 is 10.2 Å². The summed E-state index contributed by atoms with van der Waals surface area (Å²) in [4.78, 5) is 0. The average molecular weight is 332 g/mol. The van der Waals surface area contributed by atoms with Crippen LogP contribution in [0.5, 0.6) is 11.5 Å². The fraction of sp³-hybridized carbons (Fsp3) is 0.130. The Kier molecular flexibility index (Phi) is 6.41. The maximum absolute atomic E-state index is 9.66. The minimum Gasteiger partial charge on any atom is -0.507 e. The van der Waals surface area contributed by atoms with Crippen LogP contribution < -0.4 is 0 Å². The molecule has 0 atom stereocenters. The summed E-state index contributed by atoms with van der Waals surface area (Å²) in [6.45, 7) is 5.90. The van der Waals surface area contributed by atoms with Gasteiger partial charge in [-0.25, -0.2) is 0 Å². The molecule has 2 nitrogen and oxygen atoms in total. The van der Waals surface area contributed by atoms with Crippen LogP contribution in [0.4, 0.5) is 0 Å². The van der Waals surface area contributed by atoms with Gasteiger partial charge < -0.3 is 10.2 Å². The molecular formula is C23H24O2. The summed E-state index contributed by atoms with van der Waals surface area (Å²) in [6, 6.07) is 25.1. The summed E-state index contributed by atoms with van der Waals surface area (Å²) in [7, 11) is 0. The summed E-state index contributed by atoms with van der Waals surface area (Å²) in [5, 5.41) is 23.0. The molecule has 2 heteroatoms. The van der Waals surface area contributed by atoms with Crippen LogP contribution in [0.3, 0.4) is 0 Å². The molecule has 4 rings (SSSR count). The lowest BCUT2D eigenvalue weighted by Gasteiger charge is -2.02. The normalized spacial score (nSPS) is 9.72. The van der Waals surface area contributed by atoms with E-state index in [0.29, 0.717) is 11.5 Å². The second kappa shape index (κ2) is 8.74. The Bertz CT molecular complexity index is 953. The van der Waals surface area contributed by atoms with Crippen LogP contribution in [0.15, 0.2) is 78.9 Å². The number of phenolic OH excluding ortho intramolecular Hbond substituents is 2. The summed E-state index contributed by atoms with van der Waals surface area (Å²) < 4.78 is 0. The van der Waals surface area contributed by atoms with E-state index in [1.165, 1.54) is 0 Å². The Balaban J connectivity index is 0.000000165. The van der Waals surface area contributed by atoms with E-state index < -0.39 is 0 Å². The van der Waals surface area contributed by atoms with Gasteiger partial charge in [-0.1, -0.05) is 86.6 Å². The standard InChI is InChI=1S/C11H10O.C10H8O.C2H6/c1-8-6-7-9-4-2-3-5-10(9)11(8)12;11-10-7-3-5-8-4-1-2-6-9(8)10;1-2/h2-7,12H,1H3;1-7,11H;1-2H3. The zero-order valence-electron chi connectivity index (χ0n) is 14.9. The molecule has 128 valence electrons. The number of hydrogen-bond acceptors (Lipinski definition) is 2. The lowest BCUT2D eigenvalue weighted by molar-refractivity contribution is 0.477. The van der Waals surface area contributed by atoms with E-state index in [2.05, 4.69) is 0 Å². The van der Waals surface area contributed by atoms with Crippen molar-refractivity contribution in [2.45, 2.75) is 20.8 Å². The van der Waals surface area contributed by atoms with Gasteiger partial charge in [0.25, 0.3) is 0 Å². The molecule has 4 aromatic rings. The van der Waals surface area contributed by atoms with Crippen molar-refractivity contribution in [2.75, 3.05) is 0 Å². The van der Waals surface area contributed by atoms with Crippen molar-refractivity contribution in [2.24, 2.45) is 0 Å². The molecule has 2 N–H and O–H groups in total. The lowest BCUT2D eigenvalue weighted by atomic mass is 10.1. The fourth-order valence-electron chi connectivity index (χ4n) is 2.57. The topological polar surface area (TPSA) is 40.5 Å². The zero-order chi connectivity index (χ0) is 18.2. The highest BCUT2D eigenvalue weighted by molar-refractivity contribution is 5.89. The van der Waals surface area contributed by atoms with Gasteiger partial charge in [-0.15, -0.1) is 0 Å². The molecule has 0 amide bonds. The van der Waals surface area contributed by atoms with Crippen LogP contribution >= 0.6 is 0 Å². The molecule has 0 unspecified atom stereocenters. The van der Waals surface area contributed by atoms with Crippen molar-refractivity contribution in [3.63, 3.8) is 0 Å². The summed E-state index contributed by atoms with van der Waals surface area (Å²) in [5.74, 6) is 0.746. The van der Waals surface area contributed by atoms with Gasteiger partial charge in [0.2, 0.25) is 0 Å². The van der Waals surface area contributed by atoms with E-state index in [4.69, 9.17) is 0 Å². The molecule has 0 aliphatic rings. The largest absolute Gasteiger partial charge is 0.507 e. The number of fused-ring (bicyclic) bond motifs is 2. The van der Waals surface area contributed by atoms with E-state index >= 15 is 0 Å². The summed E-state index contributed by atoms with van der Waals surface area (Å²) in [6.07, 6.45) is 0. The number of aromatic hydroxyl groups is 2. The number of rotatable bonds is 0. The fourth-order valence-corrected chi connectivity index (χ4v) is 2.57. The molecular weight excluding hydrogens is 308 g/mol. The molecule has 4 aromatic carbocycles. The molecule has 0 fully saturated rings. The maximum atomic E-state index is 9.66. The Hall–Kier alpha value is -3.00. The zero-order valence-corrected chi connectivity index (χ0v) is 14.9. The Morgan fingerprint density at radius 2 is 1.08 bits per heavy atom. The number of aryl methyl sites for hydroxylation is 1. The predicted molar refractivity (Wildman–Crippen MR) is 107 cm³/mol. The van der Waals surface area contributed by atoms with Crippen molar-refractivity contribution in [1.29, 1.82) is 0 Å². The van der Waals surface area contributed by atoms with Crippen LogP contribution in [0.1, 0.15) is 19.4 Å². The van der Waals surface area contributed by atoms with Gasteiger partial charge in [-0.05, 0) is 29.3 Å². The molecule has 0 aliphatic heterocycles. The van der Waals surface area contributed by atoms with E-state index in [1.54, 1.807) is 6.07 Å². The minimum absolute atomic E-state index is 0.350. The number of hydrogen-bond donors (Lipinski definition) is 2. The Labute approximate surface area is 149 Å². The van der Waals surface area contributed by atoms with Gasteiger partial charge in [-0.2, -0.15) is 0 Å². The third kappa shape index (κ3) is 4.30. The SMILES string of the molecule is CC.Cc1ccc2ccccc2c1O.Oc1cccc2ccccc12.